The van der Waals surface area contributed by atoms with Crippen LogP contribution in [0.15, 0.2) is 0 Å². The highest BCUT2D eigenvalue weighted by molar-refractivity contribution is 9.09. The number of alkyl halides is 7. The molecule has 0 aromatic heterocycles. The molecule has 7 heteroatoms. The molecule has 2 unspecified atom stereocenters. The van der Waals surface area contributed by atoms with Crippen molar-refractivity contribution in [1.82, 2.24) is 0 Å². The standard InChI is InChI=1S/C5H5BrF6/c1-2(6)4(8,9)3(7)5(10,11)12/h2-3H,1H3. The van der Waals surface area contributed by atoms with E-state index < -0.39 is 23.1 Å². The molecule has 0 heterocycles. The molecule has 0 rings (SSSR count). The van der Waals surface area contributed by atoms with Crippen molar-refractivity contribution in [2.45, 2.75) is 30.0 Å². The summed E-state index contributed by atoms with van der Waals surface area (Å²) in [4.78, 5) is -1.86. The molecule has 0 saturated heterocycles. The lowest BCUT2D eigenvalue weighted by Gasteiger charge is -2.24. The average Bonchev–Trinajstić information content (AvgIpc) is 1.83. The summed E-state index contributed by atoms with van der Waals surface area (Å²) >= 11 is 2.20. The Hall–Kier alpha value is 0.0600. The van der Waals surface area contributed by atoms with Crippen LogP contribution >= 0.6 is 15.9 Å². The van der Waals surface area contributed by atoms with Gasteiger partial charge in [-0.1, -0.05) is 15.9 Å². The Morgan fingerprint density at radius 3 is 1.50 bits per heavy atom. The molecule has 12 heavy (non-hydrogen) atoms. The van der Waals surface area contributed by atoms with Crippen LogP contribution in [-0.2, 0) is 0 Å². The van der Waals surface area contributed by atoms with E-state index in [2.05, 4.69) is 15.9 Å². The minimum absolute atomic E-state index is 0.748. The van der Waals surface area contributed by atoms with Crippen LogP contribution in [0.1, 0.15) is 6.92 Å². The zero-order chi connectivity index (χ0) is 10.2. The first-order chi connectivity index (χ1) is 5.10. The Morgan fingerprint density at radius 1 is 1.08 bits per heavy atom. The van der Waals surface area contributed by atoms with Crippen molar-refractivity contribution in [2.24, 2.45) is 0 Å². The third kappa shape index (κ3) is 2.53. The van der Waals surface area contributed by atoms with Crippen LogP contribution in [0.3, 0.4) is 0 Å². The number of rotatable bonds is 2. The fraction of sp³-hybridized carbons (Fsp3) is 1.00. The van der Waals surface area contributed by atoms with E-state index in [0.717, 1.165) is 6.92 Å². The average molecular weight is 259 g/mol. The summed E-state index contributed by atoms with van der Waals surface area (Å²) in [6, 6.07) is 0. The molecule has 0 bridgehead atoms. The van der Waals surface area contributed by atoms with Crippen molar-refractivity contribution in [3.05, 3.63) is 0 Å². The number of halogens is 7. The molecular weight excluding hydrogens is 254 g/mol. The molecule has 0 saturated carbocycles. The van der Waals surface area contributed by atoms with Crippen molar-refractivity contribution in [3.63, 3.8) is 0 Å². The lowest BCUT2D eigenvalue weighted by Crippen LogP contribution is -2.46. The van der Waals surface area contributed by atoms with Gasteiger partial charge in [-0.05, 0) is 6.92 Å². The van der Waals surface area contributed by atoms with E-state index in [0.29, 0.717) is 0 Å². The maximum Gasteiger partial charge on any atom is 0.425 e. The topological polar surface area (TPSA) is 0 Å². The highest BCUT2D eigenvalue weighted by Crippen LogP contribution is 2.39. The minimum Gasteiger partial charge on any atom is -0.231 e. The summed E-state index contributed by atoms with van der Waals surface area (Å²) in [7, 11) is 0. The summed E-state index contributed by atoms with van der Waals surface area (Å²) in [6.07, 6.45) is -9.65. The lowest BCUT2D eigenvalue weighted by atomic mass is 10.1. The SMILES string of the molecule is CC(Br)C(F)(F)C(F)C(F)(F)F. The second-order valence-electron chi connectivity index (χ2n) is 2.19. The molecule has 0 fully saturated rings. The third-order valence-electron chi connectivity index (χ3n) is 1.16. The van der Waals surface area contributed by atoms with Crippen molar-refractivity contribution in [2.75, 3.05) is 0 Å². The predicted molar refractivity (Wildman–Crippen MR) is 34.3 cm³/mol. The number of hydrogen-bond acceptors (Lipinski definition) is 0. The van der Waals surface area contributed by atoms with Gasteiger partial charge in [-0.3, -0.25) is 0 Å². The van der Waals surface area contributed by atoms with Gasteiger partial charge in [0.2, 0.25) is 0 Å². The van der Waals surface area contributed by atoms with Crippen molar-refractivity contribution in [1.29, 1.82) is 0 Å². The van der Waals surface area contributed by atoms with Gasteiger partial charge in [-0.2, -0.15) is 13.2 Å². The van der Waals surface area contributed by atoms with E-state index in [1.54, 1.807) is 0 Å². The maximum atomic E-state index is 12.3. The quantitative estimate of drug-likeness (QED) is 0.527. The van der Waals surface area contributed by atoms with Crippen LogP contribution in [-0.4, -0.2) is 23.1 Å². The van der Waals surface area contributed by atoms with Crippen LogP contribution in [0.25, 0.3) is 0 Å². The highest BCUT2D eigenvalue weighted by atomic mass is 79.9. The van der Waals surface area contributed by atoms with Gasteiger partial charge < -0.3 is 0 Å². The van der Waals surface area contributed by atoms with Gasteiger partial charge in [0.1, 0.15) is 0 Å². The maximum absolute atomic E-state index is 12.3. The van der Waals surface area contributed by atoms with Gasteiger partial charge in [0.15, 0.2) is 0 Å². The van der Waals surface area contributed by atoms with Gasteiger partial charge in [-0.15, -0.1) is 0 Å². The molecule has 0 amide bonds. The Morgan fingerprint density at radius 2 is 1.42 bits per heavy atom. The predicted octanol–water partition coefficient (Wildman–Crippen LogP) is 3.31. The van der Waals surface area contributed by atoms with E-state index in [-0.39, 0.29) is 0 Å². The third-order valence-corrected chi connectivity index (χ3v) is 1.77. The van der Waals surface area contributed by atoms with E-state index >= 15 is 0 Å². The first-order valence-electron chi connectivity index (χ1n) is 2.82. The molecule has 0 aliphatic carbocycles. The summed E-state index contributed by atoms with van der Waals surface area (Å²) in [5, 5.41) is 0. The fourth-order valence-corrected chi connectivity index (χ4v) is 0.652. The summed E-state index contributed by atoms with van der Waals surface area (Å²) in [5.41, 5.74) is 0. The molecule has 2 atom stereocenters. The Balaban J connectivity index is 4.57. The van der Waals surface area contributed by atoms with Crippen molar-refractivity contribution in [3.8, 4) is 0 Å². The molecular formula is C5H5BrF6. The van der Waals surface area contributed by atoms with Gasteiger partial charge >= 0.3 is 6.18 Å². The first kappa shape index (κ1) is 12.1. The second-order valence-corrected chi connectivity index (χ2v) is 3.57. The molecule has 0 N–H and O–H groups in total. The van der Waals surface area contributed by atoms with E-state index in [9.17, 15) is 26.3 Å². The molecule has 0 aliphatic heterocycles. The largest absolute Gasteiger partial charge is 0.425 e. The van der Waals surface area contributed by atoms with E-state index in [4.69, 9.17) is 0 Å². The van der Waals surface area contributed by atoms with Gasteiger partial charge in [-0.25, -0.2) is 13.2 Å². The zero-order valence-corrected chi connectivity index (χ0v) is 7.39. The first-order valence-corrected chi connectivity index (χ1v) is 3.74. The highest BCUT2D eigenvalue weighted by Gasteiger charge is 2.58. The zero-order valence-electron chi connectivity index (χ0n) is 5.80. The molecule has 0 aromatic rings. The number of hydrogen-bond donors (Lipinski definition) is 0. The smallest absolute Gasteiger partial charge is 0.231 e. The Bertz CT molecular complexity index is 151. The molecule has 0 nitrogen and oxygen atoms in total. The molecule has 0 aliphatic rings. The van der Waals surface area contributed by atoms with Crippen LogP contribution in [0.4, 0.5) is 26.3 Å². The second kappa shape index (κ2) is 3.43. The molecule has 0 spiro atoms. The summed E-state index contributed by atoms with van der Waals surface area (Å²) < 4.78 is 70.9. The normalized spacial score (nSPS) is 19.0. The summed E-state index contributed by atoms with van der Waals surface area (Å²) in [6.45, 7) is 0.748. The lowest BCUT2D eigenvalue weighted by molar-refractivity contribution is -0.242. The Labute approximate surface area is 73.1 Å². The van der Waals surface area contributed by atoms with Crippen molar-refractivity contribution >= 4 is 15.9 Å². The molecule has 0 aromatic carbocycles. The fourth-order valence-electron chi connectivity index (χ4n) is 0.420. The molecule has 74 valence electrons. The summed E-state index contributed by atoms with van der Waals surface area (Å²) in [5.74, 6) is -4.43. The van der Waals surface area contributed by atoms with E-state index in [1.807, 2.05) is 0 Å². The van der Waals surface area contributed by atoms with E-state index in [1.165, 1.54) is 0 Å². The minimum atomic E-state index is -5.52. The monoisotopic (exact) mass is 258 g/mol. The van der Waals surface area contributed by atoms with Crippen LogP contribution in [0.2, 0.25) is 0 Å². The van der Waals surface area contributed by atoms with Crippen LogP contribution < -0.4 is 0 Å². The van der Waals surface area contributed by atoms with Crippen LogP contribution in [0.5, 0.6) is 0 Å². The van der Waals surface area contributed by atoms with Crippen molar-refractivity contribution < 1.29 is 26.3 Å². The Kier molecular flexibility index (Phi) is 3.45. The van der Waals surface area contributed by atoms with Gasteiger partial charge in [0.25, 0.3) is 12.1 Å². The molecule has 0 radical (unpaired) electrons. The van der Waals surface area contributed by atoms with Gasteiger partial charge in [0, 0.05) is 0 Å². The van der Waals surface area contributed by atoms with Crippen LogP contribution in [0, 0.1) is 0 Å². The van der Waals surface area contributed by atoms with Gasteiger partial charge in [0.05, 0.1) is 4.83 Å².